The maximum atomic E-state index is 10.7. The van der Waals surface area contributed by atoms with Crippen molar-refractivity contribution >= 4 is 23.9 Å². The molecule has 2 atom stereocenters. The molecule has 0 aromatic heterocycles. The van der Waals surface area contributed by atoms with E-state index in [2.05, 4.69) is 13.2 Å². The van der Waals surface area contributed by atoms with Crippen molar-refractivity contribution in [3.63, 3.8) is 0 Å². The second kappa shape index (κ2) is 9.47. The van der Waals surface area contributed by atoms with Gasteiger partial charge in [-0.2, -0.15) is 5.06 Å². The minimum Gasteiger partial charge on any atom is -0.481 e. The number of rotatable bonds is 8. The van der Waals surface area contributed by atoms with Gasteiger partial charge in [-0.15, -0.1) is 13.2 Å². The van der Waals surface area contributed by atoms with Crippen LogP contribution in [0.3, 0.4) is 0 Å². The third-order valence-electron chi connectivity index (χ3n) is 1.94. The van der Waals surface area contributed by atoms with E-state index < -0.39 is 48.8 Å². The monoisotopic (exact) mass is 293 g/mol. The summed E-state index contributed by atoms with van der Waals surface area (Å²) >= 11 is 0. The minimum absolute atomic E-state index is 0.285. The molecule has 114 valence electrons. The Labute approximate surface area is 113 Å². The Morgan fingerprint density at radius 2 is 1.05 bits per heavy atom. The van der Waals surface area contributed by atoms with E-state index >= 15 is 0 Å². The van der Waals surface area contributed by atoms with E-state index in [4.69, 9.17) is 20.4 Å². The quantitative estimate of drug-likeness (QED) is 0.285. The van der Waals surface area contributed by atoms with Gasteiger partial charge in [-0.3, -0.25) is 19.2 Å². The van der Waals surface area contributed by atoms with E-state index in [1.807, 2.05) is 0 Å². The zero-order chi connectivity index (χ0) is 16.5. The highest BCUT2D eigenvalue weighted by molar-refractivity contribution is 5.83. The first-order valence-electron chi connectivity index (χ1n) is 5.03. The summed E-state index contributed by atoms with van der Waals surface area (Å²) in [6.07, 6.45) is -2.15. The third-order valence-corrected chi connectivity index (χ3v) is 1.94. The summed E-state index contributed by atoms with van der Waals surface area (Å²) in [5.41, 5.74) is 0. The second-order valence-electron chi connectivity index (χ2n) is 3.28. The highest BCUT2D eigenvalue weighted by Gasteiger charge is 2.37. The summed E-state index contributed by atoms with van der Waals surface area (Å²) < 4.78 is 0. The van der Waals surface area contributed by atoms with Gasteiger partial charge < -0.3 is 25.6 Å². The SMILES string of the molecule is C=C.O=C(O)CC(C(=O)O)N(O)C(CC(=O)O)C(=O)O. The summed E-state index contributed by atoms with van der Waals surface area (Å²) in [7, 11) is 0. The number of carboxylic acids is 4. The summed E-state index contributed by atoms with van der Waals surface area (Å²) in [6.45, 7) is 6.00. The molecule has 0 aromatic rings. The largest absolute Gasteiger partial charge is 0.481 e. The zero-order valence-corrected chi connectivity index (χ0v) is 10.3. The first-order chi connectivity index (χ1) is 9.16. The molecule has 0 radical (unpaired) electrons. The van der Waals surface area contributed by atoms with Crippen molar-refractivity contribution in [3.8, 4) is 0 Å². The smallest absolute Gasteiger partial charge is 0.323 e. The fourth-order valence-corrected chi connectivity index (χ4v) is 1.14. The normalized spacial score (nSPS) is 12.7. The Balaban J connectivity index is 0. The number of hydrogen-bond acceptors (Lipinski definition) is 6. The topological polar surface area (TPSA) is 173 Å². The van der Waals surface area contributed by atoms with Crippen LogP contribution in [0.2, 0.25) is 0 Å². The van der Waals surface area contributed by atoms with Crippen molar-refractivity contribution in [3.05, 3.63) is 13.2 Å². The molecule has 0 aromatic carbocycles. The lowest BCUT2D eigenvalue weighted by Gasteiger charge is -2.26. The fourth-order valence-electron chi connectivity index (χ4n) is 1.14. The molecule has 0 rings (SSSR count). The number of carbonyl (C=O) groups is 4. The zero-order valence-electron chi connectivity index (χ0n) is 10.3. The molecule has 0 saturated carbocycles. The van der Waals surface area contributed by atoms with Crippen LogP contribution in [0.1, 0.15) is 12.8 Å². The van der Waals surface area contributed by atoms with Crippen LogP contribution in [0.15, 0.2) is 13.2 Å². The molecular weight excluding hydrogens is 278 g/mol. The average molecular weight is 293 g/mol. The Kier molecular flexibility index (Phi) is 9.41. The lowest BCUT2D eigenvalue weighted by Crippen LogP contribution is -2.50. The van der Waals surface area contributed by atoms with Gasteiger partial charge in [0.1, 0.15) is 12.1 Å². The first kappa shape index (κ1) is 19.9. The number of carboxylic acid groups (broad SMARTS) is 4. The molecule has 0 bridgehead atoms. The summed E-state index contributed by atoms with van der Waals surface area (Å²) in [5.74, 6) is -6.73. The van der Waals surface area contributed by atoms with Crippen molar-refractivity contribution in [2.24, 2.45) is 0 Å². The van der Waals surface area contributed by atoms with Gasteiger partial charge in [0.25, 0.3) is 0 Å². The lowest BCUT2D eigenvalue weighted by molar-refractivity contribution is -0.199. The van der Waals surface area contributed by atoms with Crippen LogP contribution in [0.25, 0.3) is 0 Å². The second-order valence-corrected chi connectivity index (χ2v) is 3.28. The van der Waals surface area contributed by atoms with Crippen LogP contribution >= 0.6 is 0 Å². The van der Waals surface area contributed by atoms with Gasteiger partial charge in [0.2, 0.25) is 0 Å². The number of hydrogen-bond donors (Lipinski definition) is 5. The molecule has 0 heterocycles. The van der Waals surface area contributed by atoms with E-state index in [0.29, 0.717) is 0 Å². The van der Waals surface area contributed by atoms with Crippen LogP contribution in [0.4, 0.5) is 0 Å². The molecule has 0 fully saturated rings. The molecule has 0 aliphatic heterocycles. The molecule has 0 spiro atoms. The Morgan fingerprint density at radius 1 is 0.800 bits per heavy atom. The van der Waals surface area contributed by atoms with Crippen molar-refractivity contribution < 1.29 is 44.8 Å². The van der Waals surface area contributed by atoms with Crippen LogP contribution < -0.4 is 0 Å². The number of aliphatic carboxylic acids is 4. The van der Waals surface area contributed by atoms with E-state index in [1.54, 1.807) is 0 Å². The fraction of sp³-hybridized carbons (Fsp3) is 0.400. The molecule has 20 heavy (non-hydrogen) atoms. The number of hydroxylamine groups is 2. The highest BCUT2D eigenvalue weighted by atomic mass is 16.5. The Hall–Kier alpha value is -2.46. The van der Waals surface area contributed by atoms with Gasteiger partial charge in [0, 0.05) is 0 Å². The van der Waals surface area contributed by atoms with E-state index in [-0.39, 0.29) is 5.06 Å². The molecular formula is C10H15NO9. The maximum absolute atomic E-state index is 10.7. The van der Waals surface area contributed by atoms with Gasteiger partial charge in [-0.1, -0.05) is 0 Å². The van der Waals surface area contributed by atoms with E-state index in [0.717, 1.165) is 0 Å². The summed E-state index contributed by atoms with van der Waals surface area (Å²) in [5, 5.41) is 43.2. The Morgan fingerprint density at radius 3 is 1.20 bits per heavy atom. The molecule has 2 unspecified atom stereocenters. The van der Waals surface area contributed by atoms with Crippen molar-refractivity contribution in [2.45, 2.75) is 24.9 Å². The predicted molar refractivity (Wildman–Crippen MR) is 62.2 cm³/mol. The van der Waals surface area contributed by atoms with Crippen molar-refractivity contribution in [2.75, 3.05) is 0 Å². The van der Waals surface area contributed by atoms with Crippen molar-refractivity contribution in [1.82, 2.24) is 5.06 Å². The molecule has 0 amide bonds. The van der Waals surface area contributed by atoms with Gasteiger partial charge in [-0.25, -0.2) is 0 Å². The summed E-state index contributed by atoms with van der Waals surface area (Å²) in [6, 6.07) is -4.11. The predicted octanol–water partition coefficient (Wildman–Crippen LogP) is -0.664. The average Bonchev–Trinajstić information content (AvgIpc) is 2.33. The Bertz CT molecular complexity index is 347. The first-order valence-corrected chi connectivity index (χ1v) is 5.03. The van der Waals surface area contributed by atoms with Crippen LogP contribution in [0.5, 0.6) is 0 Å². The molecule has 10 nitrogen and oxygen atoms in total. The standard InChI is InChI=1S/C8H11NO9.C2H4/c10-5(11)1-3(7(14)15)9(18)4(8(16)17)2-6(12)13;1-2/h3-4,18H,1-2H2,(H,10,11)(H,12,13)(H,14,15)(H,16,17);1-2H2. The van der Waals surface area contributed by atoms with Crippen LogP contribution in [0, 0.1) is 0 Å². The van der Waals surface area contributed by atoms with Gasteiger partial charge in [0.15, 0.2) is 0 Å². The molecule has 0 saturated heterocycles. The van der Waals surface area contributed by atoms with Crippen LogP contribution in [-0.4, -0.2) is 66.7 Å². The molecule has 0 aliphatic rings. The summed E-state index contributed by atoms with van der Waals surface area (Å²) in [4.78, 5) is 42.1. The minimum atomic E-state index is -2.05. The van der Waals surface area contributed by atoms with Crippen molar-refractivity contribution in [1.29, 1.82) is 0 Å². The highest BCUT2D eigenvalue weighted by Crippen LogP contribution is 2.11. The lowest BCUT2D eigenvalue weighted by atomic mass is 10.1. The van der Waals surface area contributed by atoms with Gasteiger partial charge in [-0.05, 0) is 0 Å². The molecule has 0 aliphatic carbocycles. The van der Waals surface area contributed by atoms with E-state index in [9.17, 15) is 24.4 Å². The van der Waals surface area contributed by atoms with E-state index in [1.165, 1.54) is 0 Å². The molecule has 10 heteroatoms. The third kappa shape index (κ3) is 7.08. The maximum Gasteiger partial charge on any atom is 0.323 e. The van der Waals surface area contributed by atoms with Gasteiger partial charge in [0.05, 0.1) is 12.8 Å². The molecule has 5 N–H and O–H groups in total. The number of nitrogens with zero attached hydrogens (tertiary/aromatic N) is 1. The van der Waals surface area contributed by atoms with Gasteiger partial charge >= 0.3 is 23.9 Å². The van der Waals surface area contributed by atoms with Crippen LogP contribution in [-0.2, 0) is 19.2 Å².